The van der Waals surface area contributed by atoms with E-state index in [1.54, 1.807) is 0 Å². The van der Waals surface area contributed by atoms with Crippen LogP contribution in [0.25, 0.3) is 0 Å². The maximum Gasteiger partial charge on any atom is 0.0985 e. The summed E-state index contributed by atoms with van der Waals surface area (Å²) in [7, 11) is 0. The quantitative estimate of drug-likeness (QED) is 0.700. The van der Waals surface area contributed by atoms with E-state index in [0.717, 1.165) is 25.2 Å². The zero-order valence-electron chi connectivity index (χ0n) is 17.1. The molecule has 0 bridgehead atoms. The highest BCUT2D eigenvalue weighted by atomic mass is 16.3. The Bertz CT molecular complexity index is 536. The van der Waals surface area contributed by atoms with Crippen LogP contribution in [0.1, 0.15) is 91.4 Å². The van der Waals surface area contributed by atoms with Gasteiger partial charge in [0.25, 0.3) is 0 Å². The monoisotopic (exact) mass is 364 g/mol. The summed E-state index contributed by atoms with van der Waals surface area (Å²) in [6, 6.07) is 0. The minimum absolute atomic E-state index is 0.239. The van der Waals surface area contributed by atoms with Crippen LogP contribution in [0.5, 0.6) is 0 Å². The standard InChI is InChI=1S/C23H40O3/c1-4-5-6-15-7-8-18-17-13-20(25)23(26)14-16(24)9-12-22(23,3)19(17)10-11-21(15,18)2/h15-20,24-26H,4-14H2,1-3H3/t15?,16-,17+,18+,19+,20-,21-,22-,23+/m1/s1. The molecule has 26 heavy (non-hydrogen) atoms. The Morgan fingerprint density at radius 3 is 2.46 bits per heavy atom. The molecule has 0 heterocycles. The second-order valence-corrected chi connectivity index (χ2v) is 10.8. The predicted octanol–water partition coefficient (Wildman–Crippen LogP) is 4.28. The Morgan fingerprint density at radius 2 is 1.73 bits per heavy atom. The molecule has 4 rings (SSSR count). The van der Waals surface area contributed by atoms with Crippen LogP contribution >= 0.6 is 0 Å². The average molecular weight is 365 g/mol. The summed E-state index contributed by atoms with van der Waals surface area (Å²) in [5.41, 5.74) is -0.896. The van der Waals surface area contributed by atoms with Crippen LogP contribution < -0.4 is 0 Å². The molecule has 4 saturated carbocycles. The molecule has 0 spiro atoms. The molecule has 4 aliphatic rings. The summed E-state index contributed by atoms with van der Waals surface area (Å²) in [5.74, 6) is 2.63. The van der Waals surface area contributed by atoms with Crippen LogP contribution in [0.15, 0.2) is 0 Å². The number of hydrogen-bond acceptors (Lipinski definition) is 3. The molecule has 3 N–H and O–H groups in total. The van der Waals surface area contributed by atoms with Crippen LogP contribution in [0, 0.1) is 34.5 Å². The smallest absolute Gasteiger partial charge is 0.0985 e. The lowest BCUT2D eigenvalue weighted by molar-refractivity contribution is -0.264. The maximum absolute atomic E-state index is 11.5. The number of aliphatic hydroxyl groups is 3. The molecule has 9 atom stereocenters. The summed E-state index contributed by atoms with van der Waals surface area (Å²) >= 11 is 0. The maximum atomic E-state index is 11.5. The molecule has 0 amide bonds. The van der Waals surface area contributed by atoms with E-state index >= 15 is 0 Å². The third-order valence-corrected chi connectivity index (χ3v) is 9.94. The molecule has 0 saturated heterocycles. The van der Waals surface area contributed by atoms with Crippen molar-refractivity contribution in [1.29, 1.82) is 0 Å². The molecule has 0 aromatic heterocycles. The molecular weight excluding hydrogens is 324 g/mol. The van der Waals surface area contributed by atoms with Crippen molar-refractivity contribution in [3.63, 3.8) is 0 Å². The number of aliphatic hydroxyl groups excluding tert-OH is 2. The van der Waals surface area contributed by atoms with Crippen LogP contribution in [0.3, 0.4) is 0 Å². The first-order valence-electron chi connectivity index (χ1n) is 11.3. The van der Waals surface area contributed by atoms with Gasteiger partial charge in [0.05, 0.1) is 17.8 Å². The third kappa shape index (κ3) is 2.49. The first-order valence-corrected chi connectivity index (χ1v) is 11.3. The van der Waals surface area contributed by atoms with Gasteiger partial charge < -0.3 is 15.3 Å². The molecule has 1 unspecified atom stereocenters. The number of unbranched alkanes of at least 4 members (excludes halogenated alkanes) is 1. The fraction of sp³-hybridized carbons (Fsp3) is 1.00. The van der Waals surface area contributed by atoms with E-state index in [4.69, 9.17) is 0 Å². The Morgan fingerprint density at radius 1 is 0.962 bits per heavy atom. The molecule has 150 valence electrons. The molecular formula is C23H40O3. The third-order valence-electron chi connectivity index (χ3n) is 9.94. The minimum Gasteiger partial charge on any atom is -0.393 e. The second kappa shape index (κ2) is 6.46. The van der Waals surface area contributed by atoms with E-state index in [1.165, 1.54) is 44.9 Å². The minimum atomic E-state index is -1.10. The predicted molar refractivity (Wildman–Crippen MR) is 104 cm³/mol. The molecule has 0 aliphatic heterocycles. The molecule has 3 nitrogen and oxygen atoms in total. The van der Waals surface area contributed by atoms with Crippen molar-refractivity contribution in [2.45, 2.75) is 109 Å². The van der Waals surface area contributed by atoms with Gasteiger partial charge in [-0.2, -0.15) is 0 Å². The van der Waals surface area contributed by atoms with Gasteiger partial charge in [-0.1, -0.05) is 33.6 Å². The van der Waals surface area contributed by atoms with E-state index in [1.807, 2.05) is 0 Å². The fourth-order valence-corrected chi connectivity index (χ4v) is 8.29. The molecule has 0 aromatic carbocycles. The van der Waals surface area contributed by atoms with E-state index in [2.05, 4.69) is 20.8 Å². The van der Waals surface area contributed by atoms with Crippen molar-refractivity contribution in [2.24, 2.45) is 34.5 Å². The summed E-state index contributed by atoms with van der Waals surface area (Å²) in [4.78, 5) is 0. The van der Waals surface area contributed by atoms with Gasteiger partial charge in [-0.3, -0.25) is 0 Å². The SMILES string of the molecule is CCCCC1CC[C@H]2[C@@H]3C[C@@H](O)[C@@]4(O)C[C@H](O)CC[C@]4(C)[C@H]3CC[C@]12C. The zero-order valence-corrected chi connectivity index (χ0v) is 17.1. The molecule has 4 fully saturated rings. The first kappa shape index (κ1) is 19.2. The highest BCUT2D eigenvalue weighted by Gasteiger charge is 2.67. The van der Waals surface area contributed by atoms with Gasteiger partial charge in [0, 0.05) is 11.8 Å². The largest absolute Gasteiger partial charge is 0.393 e. The number of hydrogen-bond donors (Lipinski definition) is 3. The lowest BCUT2D eigenvalue weighted by atomic mass is 9.42. The first-order chi connectivity index (χ1) is 12.3. The Hall–Kier alpha value is -0.120. The van der Waals surface area contributed by atoms with Crippen LogP contribution in [0.2, 0.25) is 0 Å². The number of rotatable bonds is 3. The lowest BCUT2D eigenvalue weighted by Gasteiger charge is -2.65. The normalized spacial score (nSPS) is 56.5. The van der Waals surface area contributed by atoms with E-state index < -0.39 is 17.8 Å². The van der Waals surface area contributed by atoms with Crippen molar-refractivity contribution < 1.29 is 15.3 Å². The van der Waals surface area contributed by atoms with Crippen molar-refractivity contribution in [2.75, 3.05) is 0 Å². The lowest BCUT2D eigenvalue weighted by Crippen LogP contribution is -2.68. The van der Waals surface area contributed by atoms with Crippen molar-refractivity contribution in [1.82, 2.24) is 0 Å². The van der Waals surface area contributed by atoms with Gasteiger partial charge in [0.2, 0.25) is 0 Å². The van der Waals surface area contributed by atoms with Gasteiger partial charge in [0.15, 0.2) is 0 Å². The van der Waals surface area contributed by atoms with Crippen LogP contribution in [0.4, 0.5) is 0 Å². The van der Waals surface area contributed by atoms with Gasteiger partial charge >= 0.3 is 0 Å². The molecule has 0 aromatic rings. The van der Waals surface area contributed by atoms with Gasteiger partial charge in [-0.25, -0.2) is 0 Å². The summed E-state index contributed by atoms with van der Waals surface area (Å²) in [6.07, 6.45) is 10.8. The average Bonchev–Trinajstić information content (AvgIpc) is 2.93. The summed E-state index contributed by atoms with van der Waals surface area (Å²) < 4.78 is 0. The van der Waals surface area contributed by atoms with Crippen molar-refractivity contribution in [3.05, 3.63) is 0 Å². The van der Waals surface area contributed by atoms with Crippen LogP contribution in [-0.4, -0.2) is 33.1 Å². The molecule has 4 aliphatic carbocycles. The topological polar surface area (TPSA) is 60.7 Å². The van der Waals surface area contributed by atoms with Crippen molar-refractivity contribution in [3.8, 4) is 0 Å². The Balaban J connectivity index is 1.62. The Kier molecular flexibility index (Phi) is 4.77. The van der Waals surface area contributed by atoms with Gasteiger partial charge in [-0.15, -0.1) is 0 Å². The highest BCUT2D eigenvalue weighted by Crippen LogP contribution is 2.68. The summed E-state index contributed by atoms with van der Waals surface area (Å²) in [6.45, 7) is 7.06. The van der Waals surface area contributed by atoms with Crippen molar-refractivity contribution >= 4 is 0 Å². The van der Waals surface area contributed by atoms with Gasteiger partial charge in [0.1, 0.15) is 0 Å². The van der Waals surface area contributed by atoms with E-state index in [9.17, 15) is 15.3 Å². The van der Waals surface area contributed by atoms with E-state index in [-0.39, 0.29) is 5.41 Å². The summed E-state index contributed by atoms with van der Waals surface area (Å²) in [5, 5.41) is 32.7. The number of fused-ring (bicyclic) bond motifs is 5. The Labute approximate surface area is 159 Å². The van der Waals surface area contributed by atoms with Crippen LogP contribution in [-0.2, 0) is 0 Å². The molecule has 0 radical (unpaired) electrons. The molecule has 3 heteroatoms. The highest BCUT2D eigenvalue weighted by molar-refractivity contribution is 5.16. The zero-order chi connectivity index (χ0) is 18.7. The van der Waals surface area contributed by atoms with Gasteiger partial charge in [-0.05, 0) is 80.5 Å². The van der Waals surface area contributed by atoms with E-state index in [0.29, 0.717) is 29.6 Å². The fourth-order valence-electron chi connectivity index (χ4n) is 8.29. The second-order valence-electron chi connectivity index (χ2n) is 10.8.